The first-order valence-electron chi connectivity index (χ1n) is 10.4. The molecule has 0 N–H and O–H groups in total. The summed E-state index contributed by atoms with van der Waals surface area (Å²) in [5, 5.41) is 0. The Morgan fingerprint density at radius 1 is 1.14 bits per heavy atom. The molecule has 3 aliphatic heterocycles. The van der Waals surface area contributed by atoms with E-state index < -0.39 is 6.17 Å². The highest BCUT2D eigenvalue weighted by atomic mass is 19.1. The summed E-state index contributed by atoms with van der Waals surface area (Å²) in [4.78, 5) is 34.1. The first kappa shape index (κ1) is 18.5. The number of likely N-dealkylation sites (tertiary alicyclic amines) is 2. The van der Waals surface area contributed by atoms with Gasteiger partial charge in [-0.2, -0.15) is 0 Å². The Morgan fingerprint density at radius 3 is 2.79 bits per heavy atom. The molecule has 0 unspecified atom stereocenters. The minimum Gasteiger partial charge on any atom is -0.335 e. The van der Waals surface area contributed by atoms with Crippen LogP contribution in [0.15, 0.2) is 41.3 Å². The van der Waals surface area contributed by atoms with Crippen LogP contribution < -0.4 is 5.56 Å². The number of fused-ring (bicyclic) bond motifs is 4. The summed E-state index contributed by atoms with van der Waals surface area (Å²) in [6.07, 6.45) is 2.26. The van der Waals surface area contributed by atoms with Gasteiger partial charge in [-0.25, -0.2) is 4.39 Å². The molecule has 2 aromatic heterocycles. The van der Waals surface area contributed by atoms with Gasteiger partial charge in [0, 0.05) is 50.5 Å². The van der Waals surface area contributed by atoms with E-state index in [1.807, 2.05) is 30.5 Å². The Labute approximate surface area is 169 Å². The van der Waals surface area contributed by atoms with Crippen LogP contribution in [0.2, 0.25) is 0 Å². The predicted molar refractivity (Wildman–Crippen MR) is 106 cm³/mol. The van der Waals surface area contributed by atoms with Crippen LogP contribution in [-0.2, 0) is 13.1 Å². The molecule has 5 heterocycles. The van der Waals surface area contributed by atoms with Gasteiger partial charge in [-0.05, 0) is 43.0 Å². The normalized spacial score (nSPS) is 26.4. The molecule has 1 amide bonds. The van der Waals surface area contributed by atoms with Crippen LogP contribution in [0.3, 0.4) is 0 Å². The lowest BCUT2D eigenvalue weighted by Gasteiger charge is -2.42. The summed E-state index contributed by atoms with van der Waals surface area (Å²) in [5.74, 6) is 0.332. The molecule has 29 heavy (non-hydrogen) atoms. The summed E-state index contributed by atoms with van der Waals surface area (Å²) >= 11 is 0. The number of carbonyl (C=O) groups is 1. The van der Waals surface area contributed by atoms with Gasteiger partial charge in [-0.1, -0.05) is 6.07 Å². The van der Waals surface area contributed by atoms with Crippen molar-refractivity contribution < 1.29 is 9.18 Å². The zero-order valence-electron chi connectivity index (χ0n) is 16.3. The van der Waals surface area contributed by atoms with Crippen molar-refractivity contribution in [2.75, 3.05) is 26.2 Å². The van der Waals surface area contributed by atoms with Crippen LogP contribution >= 0.6 is 0 Å². The zero-order valence-corrected chi connectivity index (χ0v) is 16.3. The van der Waals surface area contributed by atoms with Gasteiger partial charge in [-0.15, -0.1) is 0 Å². The molecule has 5 rings (SSSR count). The number of nitrogens with zero attached hydrogens (tertiary/aromatic N) is 4. The van der Waals surface area contributed by atoms with E-state index in [-0.39, 0.29) is 29.5 Å². The minimum atomic E-state index is -0.983. The van der Waals surface area contributed by atoms with Gasteiger partial charge in [0.2, 0.25) is 0 Å². The Bertz CT molecular complexity index is 977. The van der Waals surface area contributed by atoms with Crippen LogP contribution in [0, 0.1) is 5.92 Å². The van der Waals surface area contributed by atoms with E-state index in [0.717, 1.165) is 37.4 Å². The molecule has 3 aliphatic rings. The van der Waals surface area contributed by atoms with Gasteiger partial charge in [-0.3, -0.25) is 19.5 Å². The van der Waals surface area contributed by atoms with Gasteiger partial charge < -0.3 is 9.47 Å². The molecule has 2 aromatic rings. The lowest BCUT2D eigenvalue weighted by atomic mass is 9.83. The largest absolute Gasteiger partial charge is 0.335 e. The van der Waals surface area contributed by atoms with Crippen LogP contribution in [0.25, 0.3) is 0 Å². The number of alkyl halides is 1. The van der Waals surface area contributed by atoms with Crippen molar-refractivity contribution in [3.8, 4) is 0 Å². The lowest BCUT2D eigenvalue weighted by Crippen LogP contribution is -2.48. The van der Waals surface area contributed by atoms with Gasteiger partial charge >= 0.3 is 0 Å². The molecule has 0 aliphatic carbocycles. The summed E-state index contributed by atoms with van der Waals surface area (Å²) in [5.41, 5.74) is 2.02. The van der Waals surface area contributed by atoms with E-state index in [4.69, 9.17) is 0 Å². The van der Waals surface area contributed by atoms with Crippen LogP contribution in [0.4, 0.5) is 4.39 Å². The van der Waals surface area contributed by atoms with Gasteiger partial charge in [0.1, 0.15) is 11.7 Å². The molecule has 2 fully saturated rings. The quantitative estimate of drug-likeness (QED) is 0.797. The third kappa shape index (κ3) is 3.48. The number of aromatic nitrogens is 2. The number of carbonyl (C=O) groups excluding carboxylic acids is 1. The fourth-order valence-electron chi connectivity index (χ4n) is 5.13. The molecule has 6 nitrogen and oxygen atoms in total. The maximum atomic E-state index is 13.5. The molecule has 2 saturated heterocycles. The number of halogens is 1. The van der Waals surface area contributed by atoms with Crippen molar-refractivity contribution in [1.82, 2.24) is 19.4 Å². The first-order chi connectivity index (χ1) is 14.1. The number of hydrogen-bond acceptors (Lipinski definition) is 4. The predicted octanol–water partition coefficient (Wildman–Crippen LogP) is 2.05. The topological polar surface area (TPSA) is 58.4 Å². The highest BCUT2D eigenvalue weighted by Crippen LogP contribution is 2.35. The molecule has 0 radical (unpaired) electrons. The average Bonchev–Trinajstić information content (AvgIpc) is 3.15. The second-order valence-electron chi connectivity index (χ2n) is 8.54. The Morgan fingerprint density at radius 2 is 2.03 bits per heavy atom. The molecule has 0 aromatic carbocycles. The molecular weight excluding hydrogens is 371 g/mol. The van der Waals surface area contributed by atoms with Gasteiger partial charge in [0.05, 0.1) is 12.2 Å². The molecule has 7 heteroatoms. The minimum absolute atomic E-state index is 0.0910. The highest BCUT2D eigenvalue weighted by molar-refractivity contribution is 5.94. The fourth-order valence-corrected chi connectivity index (χ4v) is 5.13. The van der Waals surface area contributed by atoms with Crippen molar-refractivity contribution in [3.63, 3.8) is 0 Å². The van der Waals surface area contributed by atoms with Gasteiger partial charge in [0.15, 0.2) is 0 Å². The maximum absolute atomic E-state index is 13.5. The molecule has 0 spiro atoms. The molecule has 0 saturated carbocycles. The second kappa shape index (κ2) is 7.37. The molecule has 152 valence electrons. The third-order valence-corrected chi connectivity index (χ3v) is 6.44. The third-order valence-electron chi connectivity index (χ3n) is 6.44. The van der Waals surface area contributed by atoms with Crippen molar-refractivity contribution in [1.29, 1.82) is 0 Å². The lowest BCUT2D eigenvalue weighted by molar-refractivity contribution is 0.0777. The van der Waals surface area contributed by atoms with Crippen molar-refractivity contribution in [2.24, 2.45) is 5.92 Å². The summed E-state index contributed by atoms with van der Waals surface area (Å²) in [6, 6.07) is 9.56. The van der Waals surface area contributed by atoms with E-state index in [2.05, 4.69) is 9.88 Å². The Kier molecular flexibility index (Phi) is 4.70. The second-order valence-corrected chi connectivity index (χ2v) is 8.54. The van der Waals surface area contributed by atoms with E-state index in [1.165, 1.54) is 4.90 Å². The van der Waals surface area contributed by atoms with Crippen LogP contribution in [-0.4, -0.2) is 57.6 Å². The van der Waals surface area contributed by atoms with Gasteiger partial charge in [0.25, 0.3) is 11.5 Å². The van der Waals surface area contributed by atoms with Crippen molar-refractivity contribution >= 4 is 5.91 Å². The first-order valence-corrected chi connectivity index (χ1v) is 10.4. The highest BCUT2D eigenvalue weighted by Gasteiger charge is 2.36. The number of hydrogen-bond donors (Lipinski definition) is 0. The summed E-state index contributed by atoms with van der Waals surface area (Å²) in [6.45, 7) is 3.73. The Balaban J connectivity index is 1.38. The number of pyridine rings is 2. The maximum Gasteiger partial charge on any atom is 0.263 e. The molecule has 2 bridgehead atoms. The van der Waals surface area contributed by atoms with Crippen LogP contribution in [0.1, 0.15) is 40.5 Å². The number of piperidine rings is 1. The number of rotatable bonds is 3. The van der Waals surface area contributed by atoms with E-state index in [0.29, 0.717) is 25.4 Å². The summed E-state index contributed by atoms with van der Waals surface area (Å²) in [7, 11) is 0. The zero-order chi connectivity index (χ0) is 20.0. The van der Waals surface area contributed by atoms with Crippen molar-refractivity contribution in [2.45, 2.75) is 38.0 Å². The smallest absolute Gasteiger partial charge is 0.263 e. The Hall–Kier alpha value is -2.54. The molecular formula is C22H25FN4O2. The van der Waals surface area contributed by atoms with Crippen LogP contribution in [0.5, 0.6) is 0 Å². The van der Waals surface area contributed by atoms with E-state index >= 15 is 0 Å². The number of amides is 1. The SMILES string of the molecule is O=C(c1ccc2n(c1=O)C[C@H]1C[C@@H]2CN(Cc2ccccn2)C1)N1CC[C@H](F)C1. The van der Waals surface area contributed by atoms with Crippen molar-refractivity contribution in [3.05, 3.63) is 63.8 Å². The molecule has 3 atom stereocenters. The van der Waals surface area contributed by atoms with E-state index in [9.17, 15) is 14.0 Å². The average molecular weight is 396 g/mol. The summed E-state index contributed by atoms with van der Waals surface area (Å²) < 4.78 is 15.3. The van der Waals surface area contributed by atoms with E-state index in [1.54, 1.807) is 10.6 Å². The fraction of sp³-hybridized carbons (Fsp3) is 0.500. The monoisotopic (exact) mass is 396 g/mol. The standard InChI is InChI=1S/C22H25FN4O2/c23-17-6-8-26(13-17)21(28)19-4-5-20-16-9-15(11-27(20)22(19)29)10-25(12-16)14-18-3-1-2-7-24-18/h1-5,7,15-17H,6,8-14H2/t15-,16+,17-/m0/s1.